The normalized spacial score (nSPS) is 12.2. The number of aryl methyl sites for hydroxylation is 1. The first-order valence-electron chi connectivity index (χ1n) is 6.52. The first-order chi connectivity index (χ1) is 9.56. The fourth-order valence-corrected chi connectivity index (χ4v) is 2.43. The van der Waals surface area contributed by atoms with Crippen LogP contribution in [0.2, 0.25) is 0 Å². The van der Waals surface area contributed by atoms with Crippen LogP contribution < -0.4 is 4.74 Å². The number of hydrogen-bond donors (Lipinski definition) is 0. The summed E-state index contributed by atoms with van der Waals surface area (Å²) in [5.41, 5.74) is 1.18. The van der Waals surface area contributed by atoms with Crippen molar-refractivity contribution in [2.75, 3.05) is 0 Å². The molecule has 106 valence electrons. The van der Waals surface area contributed by atoms with Gasteiger partial charge >= 0.3 is 0 Å². The second-order valence-corrected chi connectivity index (χ2v) is 5.40. The number of ether oxygens (including phenoxy) is 1. The van der Waals surface area contributed by atoms with Crippen LogP contribution in [-0.2, 0) is 11.3 Å². The van der Waals surface area contributed by atoms with Crippen LogP contribution in [0.25, 0.3) is 0 Å². The predicted octanol–water partition coefficient (Wildman–Crippen LogP) is 4.07. The van der Waals surface area contributed by atoms with Crippen molar-refractivity contribution in [3.05, 3.63) is 40.3 Å². The molecule has 1 atom stereocenters. The van der Waals surface area contributed by atoms with Gasteiger partial charge in [0, 0.05) is 6.54 Å². The first kappa shape index (κ1) is 14.8. The molecule has 0 saturated heterocycles. The van der Waals surface area contributed by atoms with Gasteiger partial charge in [0.1, 0.15) is 17.9 Å². The molecule has 1 aromatic heterocycles. The van der Waals surface area contributed by atoms with Crippen molar-refractivity contribution < 1.29 is 9.53 Å². The molecule has 0 saturated carbocycles. The number of imidazole rings is 1. The number of benzene rings is 1. The third kappa shape index (κ3) is 2.93. The van der Waals surface area contributed by atoms with Gasteiger partial charge in [-0.25, -0.2) is 4.98 Å². The summed E-state index contributed by atoms with van der Waals surface area (Å²) in [6.45, 7) is 6.54. The Morgan fingerprint density at radius 3 is 2.60 bits per heavy atom. The molecule has 20 heavy (non-hydrogen) atoms. The Kier molecular flexibility index (Phi) is 4.60. The third-order valence-corrected chi connectivity index (χ3v) is 3.59. The van der Waals surface area contributed by atoms with Gasteiger partial charge in [0.25, 0.3) is 0 Å². The van der Waals surface area contributed by atoms with E-state index in [1.165, 1.54) is 5.56 Å². The summed E-state index contributed by atoms with van der Waals surface area (Å²) in [7, 11) is 0. The summed E-state index contributed by atoms with van der Waals surface area (Å²) in [5, 5.41) is 0. The number of hydrogen-bond acceptors (Lipinski definition) is 3. The van der Waals surface area contributed by atoms with E-state index >= 15 is 0 Å². The Labute approximate surface area is 126 Å². The molecule has 0 fully saturated rings. The summed E-state index contributed by atoms with van der Waals surface area (Å²) in [5.74, 6) is 1.81. The molecule has 1 heterocycles. The molecule has 0 aliphatic heterocycles. The lowest BCUT2D eigenvalue weighted by Crippen LogP contribution is -2.07. The number of aldehydes is 1. The molecule has 0 bridgehead atoms. The van der Waals surface area contributed by atoms with Crippen molar-refractivity contribution in [2.24, 2.45) is 0 Å². The zero-order valence-corrected chi connectivity index (χ0v) is 13.3. The highest BCUT2D eigenvalue weighted by Gasteiger charge is 2.20. The fraction of sp³-hybridized carbons (Fsp3) is 0.333. The molecule has 0 amide bonds. The lowest BCUT2D eigenvalue weighted by atomic mass is 10.2. The molecule has 4 nitrogen and oxygen atoms in total. The minimum Gasteiger partial charge on any atom is -0.438 e. The summed E-state index contributed by atoms with van der Waals surface area (Å²) < 4.78 is 8.42. The van der Waals surface area contributed by atoms with Gasteiger partial charge in [-0.2, -0.15) is 0 Å². The van der Waals surface area contributed by atoms with Gasteiger partial charge in [-0.1, -0.05) is 17.7 Å². The van der Waals surface area contributed by atoms with Crippen molar-refractivity contribution in [3.63, 3.8) is 0 Å². The molecule has 2 aromatic rings. The molecule has 0 N–H and O–H groups in total. The molecule has 1 unspecified atom stereocenters. The molecule has 0 radical (unpaired) electrons. The standard InChI is InChI=1S/C15H17BrN2O2/c1-4-18-14(11(3)9-19)17-13(16)15(18)20-12-7-5-10(2)6-8-12/h5-9,11H,4H2,1-3H3. The zero-order chi connectivity index (χ0) is 14.7. The Balaban J connectivity index is 2.38. The third-order valence-electron chi connectivity index (χ3n) is 3.07. The van der Waals surface area contributed by atoms with Crippen molar-refractivity contribution in [1.82, 2.24) is 9.55 Å². The largest absolute Gasteiger partial charge is 0.438 e. The summed E-state index contributed by atoms with van der Waals surface area (Å²) >= 11 is 3.41. The molecule has 0 spiro atoms. The molecule has 2 rings (SSSR count). The summed E-state index contributed by atoms with van der Waals surface area (Å²) in [4.78, 5) is 15.4. The van der Waals surface area contributed by atoms with Gasteiger partial charge in [0.2, 0.25) is 5.88 Å². The Morgan fingerprint density at radius 2 is 2.05 bits per heavy atom. The zero-order valence-electron chi connectivity index (χ0n) is 11.8. The number of aromatic nitrogens is 2. The maximum atomic E-state index is 11.0. The van der Waals surface area contributed by atoms with E-state index in [9.17, 15) is 4.79 Å². The SMILES string of the molecule is CCn1c(C(C)C=O)nc(Br)c1Oc1ccc(C)cc1. The average molecular weight is 337 g/mol. The Hall–Kier alpha value is -1.62. The van der Waals surface area contributed by atoms with E-state index in [0.29, 0.717) is 22.9 Å². The quantitative estimate of drug-likeness (QED) is 0.773. The van der Waals surface area contributed by atoms with Crippen LogP contribution in [0, 0.1) is 6.92 Å². The molecule has 1 aromatic carbocycles. The van der Waals surface area contributed by atoms with E-state index in [0.717, 1.165) is 12.0 Å². The van der Waals surface area contributed by atoms with E-state index in [1.807, 2.05) is 49.6 Å². The molecule has 0 aliphatic carbocycles. The minimum absolute atomic E-state index is 0.262. The molecular weight excluding hydrogens is 320 g/mol. The van der Waals surface area contributed by atoms with Crippen molar-refractivity contribution in [2.45, 2.75) is 33.2 Å². The predicted molar refractivity (Wildman–Crippen MR) is 81.3 cm³/mol. The van der Waals surface area contributed by atoms with Crippen LogP contribution in [0.4, 0.5) is 0 Å². The first-order valence-corrected chi connectivity index (χ1v) is 7.31. The lowest BCUT2D eigenvalue weighted by molar-refractivity contribution is -0.108. The molecule has 0 aliphatic rings. The van der Waals surface area contributed by atoms with Gasteiger partial charge < -0.3 is 9.53 Å². The highest BCUT2D eigenvalue weighted by molar-refractivity contribution is 9.10. The summed E-state index contributed by atoms with van der Waals surface area (Å²) in [6, 6.07) is 7.81. The minimum atomic E-state index is -0.262. The second-order valence-electron chi connectivity index (χ2n) is 4.65. The number of rotatable bonds is 5. The molecule has 5 heteroatoms. The topological polar surface area (TPSA) is 44.1 Å². The Bertz CT molecular complexity index is 605. The lowest BCUT2D eigenvalue weighted by Gasteiger charge is -2.11. The second kappa shape index (κ2) is 6.22. The van der Waals surface area contributed by atoms with Gasteiger partial charge in [-0.3, -0.25) is 4.57 Å². The monoisotopic (exact) mass is 336 g/mol. The maximum Gasteiger partial charge on any atom is 0.234 e. The van der Waals surface area contributed by atoms with Gasteiger partial charge in [-0.15, -0.1) is 0 Å². The number of nitrogens with zero attached hydrogens (tertiary/aromatic N) is 2. The number of carbonyl (C=O) groups excluding carboxylic acids is 1. The van der Waals surface area contributed by atoms with Crippen LogP contribution in [0.1, 0.15) is 31.2 Å². The fourth-order valence-electron chi connectivity index (χ4n) is 1.95. The van der Waals surface area contributed by atoms with Crippen LogP contribution in [0.5, 0.6) is 11.6 Å². The smallest absolute Gasteiger partial charge is 0.234 e. The van der Waals surface area contributed by atoms with Crippen LogP contribution >= 0.6 is 15.9 Å². The molecular formula is C15H17BrN2O2. The van der Waals surface area contributed by atoms with Crippen LogP contribution in [-0.4, -0.2) is 15.8 Å². The van der Waals surface area contributed by atoms with Gasteiger partial charge in [0.15, 0.2) is 4.60 Å². The number of carbonyl (C=O) groups is 1. The highest BCUT2D eigenvalue weighted by Crippen LogP contribution is 2.32. The maximum absolute atomic E-state index is 11.0. The van der Waals surface area contributed by atoms with Gasteiger partial charge in [0.05, 0.1) is 5.92 Å². The highest BCUT2D eigenvalue weighted by atomic mass is 79.9. The van der Waals surface area contributed by atoms with Crippen molar-refractivity contribution in [3.8, 4) is 11.6 Å². The van der Waals surface area contributed by atoms with E-state index in [2.05, 4.69) is 20.9 Å². The Morgan fingerprint density at radius 1 is 1.40 bits per heavy atom. The number of halogens is 1. The van der Waals surface area contributed by atoms with Crippen molar-refractivity contribution >= 4 is 22.2 Å². The van der Waals surface area contributed by atoms with Gasteiger partial charge in [-0.05, 0) is 48.8 Å². The van der Waals surface area contributed by atoms with Crippen molar-refractivity contribution in [1.29, 1.82) is 0 Å². The van der Waals surface area contributed by atoms with E-state index in [-0.39, 0.29) is 5.92 Å². The van der Waals surface area contributed by atoms with Crippen LogP contribution in [0.15, 0.2) is 28.9 Å². The summed E-state index contributed by atoms with van der Waals surface area (Å²) in [6.07, 6.45) is 0.886. The average Bonchev–Trinajstić information content (AvgIpc) is 2.77. The van der Waals surface area contributed by atoms with E-state index in [4.69, 9.17) is 4.74 Å². The van der Waals surface area contributed by atoms with E-state index in [1.54, 1.807) is 0 Å². The van der Waals surface area contributed by atoms with Crippen LogP contribution in [0.3, 0.4) is 0 Å². The van der Waals surface area contributed by atoms with E-state index < -0.39 is 0 Å².